The maximum absolute atomic E-state index is 11.4. The van der Waals surface area contributed by atoms with Crippen LogP contribution in [0.4, 0.5) is 0 Å². The smallest absolute Gasteiger partial charge is 0.306 e. The van der Waals surface area contributed by atoms with Gasteiger partial charge >= 0.3 is 5.97 Å². The third kappa shape index (κ3) is 2.56. The molecule has 150 valence electrons. The van der Waals surface area contributed by atoms with Crippen LogP contribution in [-0.2, 0) is 9.53 Å². The number of ether oxygens (including phenoxy) is 1. The number of carbonyl (C=O) groups is 1. The number of hydrogen-bond donors (Lipinski definition) is 4. The molecular weight excluding hydrogens is 336 g/mol. The lowest BCUT2D eigenvalue weighted by Crippen LogP contribution is -2.66. The van der Waals surface area contributed by atoms with Crippen molar-refractivity contribution in [3.63, 3.8) is 0 Å². The van der Waals surface area contributed by atoms with Crippen molar-refractivity contribution in [3.8, 4) is 0 Å². The van der Waals surface area contributed by atoms with Gasteiger partial charge in [0.05, 0.1) is 31.3 Å². The maximum atomic E-state index is 11.4. The predicted molar refractivity (Wildman–Crippen MR) is 95.5 cm³/mol. The molecule has 0 aromatic rings. The molecule has 0 aromatic heterocycles. The average Bonchev–Trinajstić information content (AvgIpc) is 2.98. The third-order valence-corrected chi connectivity index (χ3v) is 8.37. The summed E-state index contributed by atoms with van der Waals surface area (Å²) in [6.07, 6.45) is 3.73. The van der Waals surface area contributed by atoms with Gasteiger partial charge in [-0.3, -0.25) is 4.79 Å². The lowest BCUT2D eigenvalue weighted by atomic mass is 9.43. The molecule has 0 unspecified atom stereocenters. The average molecular weight is 370 g/mol. The van der Waals surface area contributed by atoms with Gasteiger partial charge in [0, 0.05) is 10.8 Å². The monoisotopic (exact) mass is 370 g/mol. The second-order valence-corrected chi connectivity index (χ2v) is 9.57. The summed E-state index contributed by atoms with van der Waals surface area (Å²) in [7, 11) is 0. The highest BCUT2D eigenvalue weighted by atomic mass is 16.5. The summed E-state index contributed by atoms with van der Waals surface area (Å²) in [6, 6.07) is 0. The van der Waals surface area contributed by atoms with Crippen LogP contribution in [0.25, 0.3) is 0 Å². The van der Waals surface area contributed by atoms with Crippen LogP contribution in [0.5, 0.6) is 0 Å². The van der Waals surface area contributed by atoms with Gasteiger partial charge in [0.2, 0.25) is 0 Å². The van der Waals surface area contributed by atoms with E-state index in [9.17, 15) is 25.2 Å². The van der Waals surface area contributed by atoms with Crippen molar-refractivity contribution in [2.75, 3.05) is 13.2 Å². The minimum atomic E-state index is -1.03. The summed E-state index contributed by atoms with van der Waals surface area (Å²) in [5.74, 6) is -0.621. The zero-order chi connectivity index (χ0) is 19.4. The maximum Gasteiger partial charge on any atom is 0.306 e. The highest BCUT2D eigenvalue weighted by Crippen LogP contribution is 2.67. The van der Waals surface area contributed by atoms with E-state index in [2.05, 4.69) is 13.8 Å². The lowest BCUT2D eigenvalue weighted by molar-refractivity contribution is -0.271. The summed E-state index contributed by atoms with van der Waals surface area (Å²) in [5.41, 5.74) is -2.40. The number of aliphatic hydroxyl groups excluding tert-OH is 3. The number of carboxylic acids is 1. The van der Waals surface area contributed by atoms with Crippen LogP contribution in [0.1, 0.15) is 65.7 Å². The number of hydrogen-bond acceptors (Lipinski definition) is 5. The molecule has 3 fully saturated rings. The molecule has 0 bridgehead atoms. The normalized spacial score (nSPS) is 51.4. The summed E-state index contributed by atoms with van der Waals surface area (Å²) in [5, 5.41) is 40.0. The Bertz CT molecular complexity index is 567. The quantitative estimate of drug-likeness (QED) is 0.602. The third-order valence-electron chi connectivity index (χ3n) is 8.37. The van der Waals surface area contributed by atoms with Gasteiger partial charge in [0.15, 0.2) is 0 Å². The first kappa shape index (κ1) is 20.1. The Morgan fingerprint density at radius 1 is 1.08 bits per heavy atom. The van der Waals surface area contributed by atoms with Crippen LogP contribution in [0.15, 0.2) is 0 Å². The van der Waals surface area contributed by atoms with E-state index in [1.807, 2.05) is 6.92 Å². The van der Waals surface area contributed by atoms with E-state index in [-0.39, 0.29) is 36.9 Å². The molecule has 0 amide bonds. The van der Waals surface area contributed by atoms with Crippen LogP contribution in [0.2, 0.25) is 0 Å². The van der Waals surface area contributed by atoms with Crippen molar-refractivity contribution >= 4 is 5.97 Å². The van der Waals surface area contributed by atoms with Crippen LogP contribution in [-0.4, -0.2) is 56.9 Å². The molecule has 2 saturated carbocycles. The lowest BCUT2D eigenvalue weighted by Gasteiger charge is -2.65. The SMILES string of the molecule is C[C@@H]1CC[C@@H]2[C@](C)(CO)[C@H](O)CC[C@]2(C)[C@]12CC[C@](CO)(CC(=O)O)O2. The van der Waals surface area contributed by atoms with Crippen molar-refractivity contribution in [2.45, 2.75) is 83.0 Å². The highest BCUT2D eigenvalue weighted by molar-refractivity contribution is 5.68. The van der Waals surface area contributed by atoms with E-state index in [1.165, 1.54) is 0 Å². The molecule has 6 heteroatoms. The van der Waals surface area contributed by atoms with Crippen LogP contribution in [0.3, 0.4) is 0 Å². The van der Waals surface area contributed by atoms with Gasteiger partial charge in [0.25, 0.3) is 0 Å². The number of carboxylic acid groups (broad SMARTS) is 1. The first-order valence-corrected chi connectivity index (χ1v) is 9.91. The van der Waals surface area contributed by atoms with Crippen molar-refractivity contribution < 1.29 is 30.0 Å². The Kier molecular flexibility index (Phi) is 4.96. The topological polar surface area (TPSA) is 107 Å². The standard InChI is InChI=1S/C20H34O6/c1-13-4-5-14-17(2,11-21)15(23)6-7-18(14,3)20(13)9-8-19(12-22,26-20)10-16(24)25/h13-15,21-23H,4-12H2,1-3H3,(H,24,25)/t13-,14-,15-,17+,18+,19-,20+/m1/s1. The first-order chi connectivity index (χ1) is 12.1. The van der Waals surface area contributed by atoms with Crippen molar-refractivity contribution in [1.29, 1.82) is 0 Å². The molecule has 1 spiro atoms. The molecule has 1 saturated heterocycles. The van der Waals surface area contributed by atoms with E-state index in [0.29, 0.717) is 19.3 Å². The van der Waals surface area contributed by atoms with Crippen LogP contribution < -0.4 is 0 Å². The fourth-order valence-corrected chi connectivity index (χ4v) is 6.70. The van der Waals surface area contributed by atoms with E-state index in [0.717, 1.165) is 19.3 Å². The molecule has 7 atom stereocenters. The van der Waals surface area contributed by atoms with Crippen molar-refractivity contribution in [2.24, 2.45) is 22.7 Å². The molecule has 2 aliphatic carbocycles. The minimum absolute atomic E-state index is 0.0703. The molecule has 6 nitrogen and oxygen atoms in total. The predicted octanol–water partition coefficient (Wildman–Crippen LogP) is 1.95. The van der Waals surface area contributed by atoms with Gasteiger partial charge in [-0.25, -0.2) is 0 Å². The summed E-state index contributed by atoms with van der Waals surface area (Å²) in [4.78, 5) is 11.4. The van der Waals surface area contributed by atoms with Gasteiger partial charge in [-0.2, -0.15) is 0 Å². The first-order valence-electron chi connectivity index (χ1n) is 9.91. The molecule has 0 radical (unpaired) electrons. The van der Waals surface area contributed by atoms with E-state index in [4.69, 9.17) is 4.74 Å². The largest absolute Gasteiger partial charge is 0.481 e. The Morgan fingerprint density at radius 3 is 2.35 bits per heavy atom. The number of rotatable bonds is 4. The molecular formula is C20H34O6. The van der Waals surface area contributed by atoms with Gasteiger partial charge in [-0.15, -0.1) is 0 Å². The number of fused-ring (bicyclic) bond motifs is 2. The fraction of sp³-hybridized carbons (Fsp3) is 0.950. The summed E-state index contributed by atoms with van der Waals surface area (Å²) < 4.78 is 6.60. The summed E-state index contributed by atoms with van der Waals surface area (Å²) in [6.45, 7) is 5.96. The van der Waals surface area contributed by atoms with Crippen molar-refractivity contribution in [3.05, 3.63) is 0 Å². The van der Waals surface area contributed by atoms with Crippen molar-refractivity contribution in [1.82, 2.24) is 0 Å². The second-order valence-electron chi connectivity index (χ2n) is 9.57. The Morgan fingerprint density at radius 2 is 1.77 bits per heavy atom. The van der Waals surface area contributed by atoms with Gasteiger partial charge in [-0.05, 0) is 50.4 Å². The molecule has 3 aliphatic rings. The van der Waals surface area contributed by atoms with E-state index in [1.54, 1.807) is 0 Å². The Labute approximate surface area is 155 Å². The van der Waals surface area contributed by atoms with E-state index >= 15 is 0 Å². The molecule has 3 rings (SSSR count). The Hall–Kier alpha value is -0.690. The zero-order valence-corrected chi connectivity index (χ0v) is 16.2. The number of aliphatic hydroxyl groups is 3. The molecule has 1 heterocycles. The highest BCUT2D eigenvalue weighted by Gasteiger charge is 2.68. The molecule has 4 N–H and O–H groups in total. The van der Waals surface area contributed by atoms with Gasteiger partial charge < -0.3 is 25.2 Å². The number of aliphatic carboxylic acids is 1. The zero-order valence-electron chi connectivity index (χ0n) is 16.2. The van der Waals surface area contributed by atoms with E-state index < -0.39 is 28.7 Å². The van der Waals surface area contributed by atoms with Crippen LogP contribution >= 0.6 is 0 Å². The second kappa shape index (κ2) is 6.43. The van der Waals surface area contributed by atoms with Crippen LogP contribution in [0, 0.1) is 22.7 Å². The molecule has 26 heavy (non-hydrogen) atoms. The Balaban J connectivity index is 2.02. The molecule has 1 aliphatic heterocycles. The summed E-state index contributed by atoms with van der Waals surface area (Å²) >= 11 is 0. The molecule has 0 aromatic carbocycles. The fourth-order valence-electron chi connectivity index (χ4n) is 6.70. The van der Waals surface area contributed by atoms with Gasteiger partial charge in [0.1, 0.15) is 5.60 Å². The van der Waals surface area contributed by atoms with Gasteiger partial charge in [-0.1, -0.05) is 20.8 Å². The minimum Gasteiger partial charge on any atom is -0.481 e.